The van der Waals surface area contributed by atoms with Crippen LogP contribution >= 0.6 is 0 Å². The number of carbonyl (C=O) groups is 1. The summed E-state index contributed by atoms with van der Waals surface area (Å²) >= 11 is 0. The molecule has 1 saturated carbocycles. The maximum absolute atomic E-state index is 12.5. The van der Waals surface area contributed by atoms with Gasteiger partial charge in [0.05, 0.1) is 11.6 Å². The highest BCUT2D eigenvalue weighted by molar-refractivity contribution is 5.80. The first-order chi connectivity index (χ1) is 10.1. The van der Waals surface area contributed by atoms with Crippen molar-refractivity contribution in [1.29, 1.82) is 5.26 Å². The van der Waals surface area contributed by atoms with Gasteiger partial charge in [0.25, 0.3) is 0 Å². The van der Waals surface area contributed by atoms with Crippen LogP contribution in [0.1, 0.15) is 43.9 Å². The maximum atomic E-state index is 12.5. The Labute approximate surface area is 126 Å². The Morgan fingerprint density at radius 3 is 2.67 bits per heavy atom. The van der Waals surface area contributed by atoms with Crippen LogP contribution in [0.3, 0.4) is 0 Å². The molecule has 1 aliphatic carbocycles. The van der Waals surface area contributed by atoms with Crippen molar-refractivity contribution in [2.45, 2.75) is 32.7 Å². The Hall–Kier alpha value is -1.86. The van der Waals surface area contributed by atoms with Crippen molar-refractivity contribution in [1.82, 2.24) is 4.90 Å². The molecule has 0 saturated heterocycles. The van der Waals surface area contributed by atoms with Gasteiger partial charge in [-0.1, -0.05) is 12.1 Å². The first-order valence-electron chi connectivity index (χ1n) is 7.66. The lowest BCUT2D eigenvalue weighted by atomic mass is 9.67. The summed E-state index contributed by atoms with van der Waals surface area (Å²) in [6.07, 6.45) is 1.90. The number of rotatable bonds is 5. The molecule has 1 aliphatic rings. The fourth-order valence-electron chi connectivity index (χ4n) is 3.09. The molecule has 2 rings (SSSR count). The summed E-state index contributed by atoms with van der Waals surface area (Å²) in [4.78, 5) is 14.4. The predicted molar refractivity (Wildman–Crippen MR) is 82.2 cm³/mol. The molecule has 0 spiro atoms. The number of nitrogens with zero attached hydrogens (tertiary/aromatic N) is 2. The molecule has 0 heterocycles. The Morgan fingerprint density at radius 1 is 1.43 bits per heavy atom. The molecule has 0 aliphatic heterocycles. The van der Waals surface area contributed by atoms with Crippen LogP contribution in [0.15, 0.2) is 24.3 Å². The number of hydrogen-bond donors (Lipinski definition) is 1. The fourth-order valence-corrected chi connectivity index (χ4v) is 3.09. The molecule has 1 amide bonds. The van der Waals surface area contributed by atoms with Crippen molar-refractivity contribution in [3.05, 3.63) is 35.4 Å². The minimum Gasteiger partial charge on any atom is -0.343 e. The molecule has 1 aromatic rings. The van der Waals surface area contributed by atoms with E-state index in [2.05, 4.69) is 6.07 Å². The van der Waals surface area contributed by atoms with Gasteiger partial charge in [-0.05, 0) is 50.3 Å². The van der Waals surface area contributed by atoms with Gasteiger partial charge in [0.1, 0.15) is 0 Å². The van der Waals surface area contributed by atoms with Crippen LogP contribution in [0.25, 0.3) is 0 Å². The molecule has 2 N–H and O–H groups in total. The molecule has 112 valence electrons. The van der Waals surface area contributed by atoms with Crippen molar-refractivity contribution < 1.29 is 4.79 Å². The second-order valence-electron chi connectivity index (χ2n) is 5.62. The Kier molecular flexibility index (Phi) is 4.98. The van der Waals surface area contributed by atoms with Crippen LogP contribution in [-0.2, 0) is 4.79 Å². The molecule has 3 atom stereocenters. The van der Waals surface area contributed by atoms with Gasteiger partial charge < -0.3 is 10.6 Å². The van der Waals surface area contributed by atoms with Crippen molar-refractivity contribution in [2.75, 3.05) is 13.1 Å². The number of hydrogen-bond acceptors (Lipinski definition) is 3. The van der Waals surface area contributed by atoms with E-state index >= 15 is 0 Å². The molecule has 0 bridgehead atoms. The predicted octanol–water partition coefficient (Wildman–Crippen LogP) is 2.45. The third-order valence-electron chi connectivity index (χ3n) is 4.58. The standard InChI is InChI=1S/C17H23N3O/c1-3-20(4-2)17(21)15-9-8-14(15)16(19)13-7-5-6-12(10-13)11-18/h5-7,10,14-16H,3-4,8-9,19H2,1-2H3/t14-,15+,16?/m0/s1. The van der Waals surface area contributed by atoms with E-state index in [0.717, 1.165) is 31.5 Å². The van der Waals surface area contributed by atoms with E-state index in [-0.39, 0.29) is 23.8 Å². The van der Waals surface area contributed by atoms with Crippen molar-refractivity contribution >= 4 is 5.91 Å². The summed E-state index contributed by atoms with van der Waals surface area (Å²) in [5, 5.41) is 8.98. The van der Waals surface area contributed by atoms with Gasteiger partial charge in [-0.15, -0.1) is 0 Å². The summed E-state index contributed by atoms with van der Waals surface area (Å²) in [6, 6.07) is 9.38. The summed E-state index contributed by atoms with van der Waals surface area (Å²) in [5.74, 6) is 0.445. The normalized spacial score (nSPS) is 22.0. The zero-order valence-electron chi connectivity index (χ0n) is 12.7. The topological polar surface area (TPSA) is 70.1 Å². The van der Waals surface area contributed by atoms with Gasteiger partial charge >= 0.3 is 0 Å². The lowest BCUT2D eigenvalue weighted by molar-refractivity contribution is -0.141. The van der Waals surface area contributed by atoms with Gasteiger partial charge in [-0.3, -0.25) is 4.79 Å². The second-order valence-corrected chi connectivity index (χ2v) is 5.62. The average molecular weight is 285 g/mol. The lowest BCUT2D eigenvalue weighted by Crippen LogP contribution is -2.46. The molecular weight excluding hydrogens is 262 g/mol. The molecule has 0 aromatic heterocycles. The van der Waals surface area contributed by atoms with E-state index in [4.69, 9.17) is 11.0 Å². The van der Waals surface area contributed by atoms with Gasteiger partial charge in [-0.2, -0.15) is 5.26 Å². The lowest BCUT2D eigenvalue weighted by Gasteiger charge is -2.41. The molecule has 1 fully saturated rings. The van der Waals surface area contributed by atoms with Crippen LogP contribution in [-0.4, -0.2) is 23.9 Å². The van der Waals surface area contributed by atoms with Gasteiger partial charge in [-0.25, -0.2) is 0 Å². The third-order valence-corrected chi connectivity index (χ3v) is 4.58. The largest absolute Gasteiger partial charge is 0.343 e. The Balaban J connectivity index is 2.11. The van der Waals surface area contributed by atoms with Crippen LogP contribution in [0, 0.1) is 23.2 Å². The molecule has 21 heavy (non-hydrogen) atoms. The number of nitriles is 1. The Bertz CT molecular complexity index is 545. The van der Waals surface area contributed by atoms with Crippen molar-refractivity contribution in [3.8, 4) is 6.07 Å². The van der Waals surface area contributed by atoms with Crippen LogP contribution in [0.4, 0.5) is 0 Å². The third kappa shape index (κ3) is 3.08. The summed E-state index contributed by atoms with van der Waals surface area (Å²) in [6.45, 7) is 5.51. The van der Waals surface area contributed by atoms with Crippen molar-refractivity contribution in [2.24, 2.45) is 17.6 Å². The highest BCUT2D eigenvalue weighted by Gasteiger charge is 2.41. The first kappa shape index (κ1) is 15.5. The summed E-state index contributed by atoms with van der Waals surface area (Å²) in [5.41, 5.74) is 7.93. The van der Waals surface area contributed by atoms with Crippen LogP contribution < -0.4 is 5.73 Å². The van der Waals surface area contributed by atoms with E-state index in [0.29, 0.717) is 5.56 Å². The molecule has 4 nitrogen and oxygen atoms in total. The van der Waals surface area contributed by atoms with E-state index in [1.54, 1.807) is 6.07 Å². The van der Waals surface area contributed by atoms with Gasteiger partial charge in [0, 0.05) is 25.0 Å². The zero-order valence-corrected chi connectivity index (χ0v) is 12.7. The summed E-state index contributed by atoms with van der Waals surface area (Å²) in [7, 11) is 0. The molecule has 1 aromatic carbocycles. The van der Waals surface area contributed by atoms with E-state index < -0.39 is 0 Å². The van der Waals surface area contributed by atoms with Crippen LogP contribution in [0.5, 0.6) is 0 Å². The minimum atomic E-state index is -0.170. The smallest absolute Gasteiger partial charge is 0.226 e. The average Bonchev–Trinajstić information content (AvgIpc) is 2.47. The second kappa shape index (κ2) is 6.73. The van der Waals surface area contributed by atoms with Gasteiger partial charge in [0.15, 0.2) is 0 Å². The molecular formula is C17H23N3O. The van der Waals surface area contributed by atoms with E-state index in [9.17, 15) is 4.79 Å². The van der Waals surface area contributed by atoms with Gasteiger partial charge in [0.2, 0.25) is 5.91 Å². The van der Waals surface area contributed by atoms with Crippen LogP contribution in [0.2, 0.25) is 0 Å². The molecule has 4 heteroatoms. The SMILES string of the molecule is CCN(CC)C(=O)[C@@H]1CC[C@@H]1C(N)c1cccc(C#N)c1. The zero-order chi connectivity index (χ0) is 15.4. The monoisotopic (exact) mass is 285 g/mol. The fraction of sp³-hybridized carbons (Fsp3) is 0.529. The number of benzene rings is 1. The molecule has 0 radical (unpaired) electrons. The number of amides is 1. The highest BCUT2D eigenvalue weighted by atomic mass is 16.2. The Morgan fingerprint density at radius 2 is 2.14 bits per heavy atom. The van der Waals surface area contributed by atoms with Crippen molar-refractivity contribution in [3.63, 3.8) is 0 Å². The minimum absolute atomic E-state index is 0.0330. The number of carbonyl (C=O) groups excluding carboxylic acids is 1. The molecule has 1 unspecified atom stereocenters. The van der Waals surface area contributed by atoms with E-state index in [1.165, 1.54) is 0 Å². The quantitative estimate of drug-likeness (QED) is 0.903. The number of nitrogens with two attached hydrogens (primary N) is 1. The highest BCUT2D eigenvalue weighted by Crippen LogP contribution is 2.42. The maximum Gasteiger partial charge on any atom is 0.226 e. The summed E-state index contributed by atoms with van der Waals surface area (Å²) < 4.78 is 0. The first-order valence-corrected chi connectivity index (χ1v) is 7.66. The van der Waals surface area contributed by atoms with E-state index in [1.807, 2.05) is 36.9 Å².